The standard InChI is InChI=1S/C13H13N5O4S/c1-8-12(13(19)22-3)9(2)18(15-8)10-4-6-11(7-5-10)23(20,21)17-16-14/h4-7H,1-3H3. The smallest absolute Gasteiger partial charge is 0.341 e. The SMILES string of the molecule is COC(=O)c1c(C)nn(-c2ccc(S(=O)(=O)N=[N+]=[N-])cc2)c1C. The van der Waals surface area contributed by atoms with Crippen LogP contribution in [0.2, 0.25) is 0 Å². The molecule has 2 rings (SSSR count). The van der Waals surface area contributed by atoms with Gasteiger partial charge in [-0.2, -0.15) is 5.10 Å². The number of aryl methyl sites for hydroxylation is 1. The maximum absolute atomic E-state index is 11.8. The zero-order valence-electron chi connectivity index (χ0n) is 12.6. The maximum atomic E-state index is 11.8. The molecule has 0 atom stereocenters. The van der Waals surface area contributed by atoms with Crippen LogP contribution in [0.15, 0.2) is 33.7 Å². The van der Waals surface area contributed by atoms with Crippen LogP contribution in [0.3, 0.4) is 0 Å². The van der Waals surface area contributed by atoms with Crippen molar-refractivity contribution in [3.05, 3.63) is 51.7 Å². The third-order valence-electron chi connectivity index (χ3n) is 3.20. The minimum atomic E-state index is -4.04. The first-order chi connectivity index (χ1) is 10.8. The van der Waals surface area contributed by atoms with E-state index in [1.807, 2.05) is 0 Å². The number of carbonyl (C=O) groups excluding carboxylic acids is 1. The Balaban J connectivity index is 2.49. The fourth-order valence-corrected chi connectivity index (χ4v) is 2.82. The van der Waals surface area contributed by atoms with E-state index >= 15 is 0 Å². The van der Waals surface area contributed by atoms with Gasteiger partial charge in [0.2, 0.25) is 0 Å². The van der Waals surface area contributed by atoms with Crippen molar-refractivity contribution >= 4 is 16.0 Å². The third kappa shape index (κ3) is 3.03. The molecule has 0 fully saturated rings. The lowest BCUT2D eigenvalue weighted by atomic mass is 10.2. The Bertz CT molecular complexity index is 909. The number of esters is 1. The molecule has 0 aliphatic carbocycles. The lowest BCUT2D eigenvalue weighted by Gasteiger charge is -2.06. The van der Waals surface area contributed by atoms with Gasteiger partial charge in [-0.05, 0) is 43.6 Å². The molecular formula is C13H13N5O4S. The first-order valence-corrected chi connectivity index (χ1v) is 7.82. The van der Waals surface area contributed by atoms with Crippen molar-refractivity contribution < 1.29 is 17.9 Å². The highest BCUT2D eigenvalue weighted by Gasteiger charge is 2.20. The predicted octanol–water partition coefficient (Wildman–Crippen LogP) is 2.27. The van der Waals surface area contributed by atoms with Crippen molar-refractivity contribution in [3.63, 3.8) is 0 Å². The summed E-state index contributed by atoms with van der Waals surface area (Å²) in [7, 11) is -2.75. The van der Waals surface area contributed by atoms with E-state index < -0.39 is 16.0 Å². The van der Waals surface area contributed by atoms with Gasteiger partial charge in [0, 0.05) is 9.43 Å². The quantitative estimate of drug-likeness (QED) is 0.366. The molecule has 9 nitrogen and oxygen atoms in total. The Morgan fingerprint density at radius 3 is 2.43 bits per heavy atom. The molecule has 0 saturated heterocycles. The van der Waals surface area contributed by atoms with Crippen LogP contribution < -0.4 is 0 Å². The molecule has 120 valence electrons. The van der Waals surface area contributed by atoms with Crippen molar-refractivity contribution in [2.75, 3.05) is 7.11 Å². The molecule has 1 aromatic heterocycles. The van der Waals surface area contributed by atoms with Crippen LogP contribution in [0, 0.1) is 13.8 Å². The van der Waals surface area contributed by atoms with Gasteiger partial charge in [0.1, 0.15) is 5.56 Å². The van der Waals surface area contributed by atoms with Gasteiger partial charge in [0.25, 0.3) is 10.0 Å². The number of rotatable bonds is 4. The van der Waals surface area contributed by atoms with Gasteiger partial charge >= 0.3 is 5.97 Å². The molecule has 0 N–H and O–H groups in total. The average molecular weight is 335 g/mol. The van der Waals surface area contributed by atoms with Gasteiger partial charge in [0.15, 0.2) is 0 Å². The monoisotopic (exact) mass is 335 g/mol. The Labute approximate surface area is 132 Å². The van der Waals surface area contributed by atoms with E-state index in [-0.39, 0.29) is 4.90 Å². The van der Waals surface area contributed by atoms with Crippen LogP contribution in [0.5, 0.6) is 0 Å². The molecule has 0 bridgehead atoms. The molecule has 0 saturated carbocycles. The molecule has 2 aromatic rings. The second kappa shape index (κ2) is 6.11. The molecule has 0 amide bonds. The number of nitrogens with zero attached hydrogens (tertiary/aromatic N) is 5. The van der Waals surface area contributed by atoms with Gasteiger partial charge in [-0.25, -0.2) is 17.9 Å². The normalized spacial score (nSPS) is 10.9. The summed E-state index contributed by atoms with van der Waals surface area (Å²) < 4.78 is 32.3. The number of ether oxygens (including phenoxy) is 1. The Morgan fingerprint density at radius 2 is 1.91 bits per heavy atom. The molecule has 0 spiro atoms. The van der Waals surface area contributed by atoms with E-state index in [0.717, 1.165) is 0 Å². The maximum Gasteiger partial charge on any atom is 0.341 e. The number of sulfonamides is 1. The molecule has 1 aromatic carbocycles. The van der Waals surface area contributed by atoms with Crippen molar-refractivity contribution in [1.82, 2.24) is 9.78 Å². The first kappa shape index (κ1) is 16.5. The highest BCUT2D eigenvalue weighted by atomic mass is 32.2. The molecule has 23 heavy (non-hydrogen) atoms. The fraction of sp³-hybridized carbons (Fsp3) is 0.231. The topological polar surface area (TPSA) is 127 Å². The lowest BCUT2D eigenvalue weighted by molar-refractivity contribution is 0.0599. The lowest BCUT2D eigenvalue weighted by Crippen LogP contribution is -2.05. The summed E-state index contributed by atoms with van der Waals surface area (Å²) in [4.78, 5) is 13.9. The summed E-state index contributed by atoms with van der Waals surface area (Å²) in [5.74, 6) is -0.492. The fourth-order valence-electron chi connectivity index (χ4n) is 2.15. The van der Waals surface area contributed by atoms with Crippen molar-refractivity contribution in [1.29, 1.82) is 0 Å². The Kier molecular flexibility index (Phi) is 4.39. The van der Waals surface area contributed by atoms with Crippen LogP contribution >= 0.6 is 0 Å². The van der Waals surface area contributed by atoms with Crippen molar-refractivity contribution in [2.24, 2.45) is 4.52 Å². The molecule has 1 heterocycles. The van der Waals surface area contributed by atoms with Crippen LogP contribution in [-0.2, 0) is 14.8 Å². The van der Waals surface area contributed by atoms with E-state index in [1.165, 1.54) is 36.1 Å². The highest BCUT2D eigenvalue weighted by Crippen LogP contribution is 2.21. The Morgan fingerprint density at radius 1 is 1.30 bits per heavy atom. The van der Waals surface area contributed by atoms with Crippen LogP contribution in [0.25, 0.3) is 16.1 Å². The number of hydrogen-bond donors (Lipinski definition) is 0. The van der Waals surface area contributed by atoms with Crippen LogP contribution in [-0.4, -0.2) is 31.3 Å². The van der Waals surface area contributed by atoms with E-state index in [1.54, 1.807) is 13.8 Å². The first-order valence-electron chi connectivity index (χ1n) is 6.38. The number of methoxy groups -OCH3 is 1. The average Bonchev–Trinajstić information content (AvgIpc) is 2.81. The number of benzene rings is 1. The summed E-state index contributed by atoms with van der Waals surface area (Å²) in [6.07, 6.45) is 0. The summed E-state index contributed by atoms with van der Waals surface area (Å²) in [6.45, 7) is 3.38. The number of carbonyl (C=O) groups is 1. The molecule has 0 aliphatic rings. The number of azide groups is 1. The van der Waals surface area contributed by atoms with Gasteiger partial charge in [-0.1, -0.05) is 0 Å². The summed E-state index contributed by atoms with van der Waals surface area (Å²) in [6, 6.07) is 5.60. The number of hydrogen-bond acceptors (Lipinski definition) is 5. The highest BCUT2D eigenvalue weighted by molar-refractivity contribution is 7.90. The second-order valence-corrected chi connectivity index (χ2v) is 6.17. The largest absolute Gasteiger partial charge is 0.465 e. The van der Waals surface area contributed by atoms with Gasteiger partial charge in [-0.3, -0.25) is 0 Å². The summed E-state index contributed by atoms with van der Waals surface area (Å²) in [5.41, 5.74) is 10.2. The van der Waals surface area contributed by atoms with Crippen LogP contribution in [0.1, 0.15) is 21.7 Å². The van der Waals surface area contributed by atoms with E-state index in [4.69, 9.17) is 10.3 Å². The van der Waals surface area contributed by atoms with E-state index in [2.05, 4.69) is 14.5 Å². The molecule has 10 heteroatoms. The third-order valence-corrected chi connectivity index (χ3v) is 4.36. The minimum absolute atomic E-state index is 0.131. The molecular weight excluding hydrogens is 322 g/mol. The molecule has 0 radical (unpaired) electrons. The molecule has 0 unspecified atom stereocenters. The van der Waals surface area contributed by atoms with E-state index in [0.29, 0.717) is 22.6 Å². The predicted molar refractivity (Wildman–Crippen MR) is 80.7 cm³/mol. The van der Waals surface area contributed by atoms with Crippen LogP contribution in [0.4, 0.5) is 0 Å². The van der Waals surface area contributed by atoms with Gasteiger partial charge in [-0.15, -0.1) is 0 Å². The Hall–Kier alpha value is -2.84. The van der Waals surface area contributed by atoms with Crippen molar-refractivity contribution in [2.45, 2.75) is 18.7 Å². The van der Waals surface area contributed by atoms with Gasteiger partial charge in [0.05, 0.1) is 29.1 Å². The zero-order chi connectivity index (χ0) is 17.2. The number of aromatic nitrogens is 2. The zero-order valence-corrected chi connectivity index (χ0v) is 13.4. The van der Waals surface area contributed by atoms with Crippen molar-refractivity contribution in [3.8, 4) is 5.69 Å². The summed E-state index contributed by atoms with van der Waals surface area (Å²) in [5, 5.41) is 4.26. The molecule has 0 aliphatic heterocycles. The van der Waals surface area contributed by atoms with Gasteiger partial charge < -0.3 is 4.74 Å². The minimum Gasteiger partial charge on any atom is -0.465 e. The second-order valence-electron chi connectivity index (χ2n) is 4.59. The van der Waals surface area contributed by atoms with E-state index in [9.17, 15) is 13.2 Å². The summed E-state index contributed by atoms with van der Waals surface area (Å²) >= 11 is 0.